The molecule has 18 heavy (non-hydrogen) atoms. The van der Waals surface area contributed by atoms with Crippen molar-refractivity contribution in [2.45, 2.75) is 45.1 Å². The highest BCUT2D eigenvalue weighted by Gasteiger charge is 2.57. The van der Waals surface area contributed by atoms with Crippen LogP contribution in [0.3, 0.4) is 0 Å². The lowest BCUT2D eigenvalue weighted by molar-refractivity contribution is 0.125. The summed E-state index contributed by atoms with van der Waals surface area (Å²) in [4.78, 5) is 2.47. The first-order valence-electron chi connectivity index (χ1n) is 6.87. The molecular formula is C17H23N. The van der Waals surface area contributed by atoms with Crippen LogP contribution < -0.4 is 4.90 Å². The lowest BCUT2D eigenvalue weighted by Crippen LogP contribution is -2.53. The summed E-state index contributed by atoms with van der Waals surface area (Å²) in [5.41, 5.74) is 4.85. The Hall–Kier alpha value is -1.24. The van der Waals surface area contributed by atoms with E-state index in [1.165, 1.54) is 16.8 Å². The molecule has 96 valence electrons. The van der Waals surface area contributed by atoms with Crippen LogP contribution in [0.25, 0.3) is 0 Å². The Balaban J connectivity index is 2.23. The third-order valence-electron chi connectivity index (χ3n) is 5.56. The first kappa shape index (κ1) is 11.8. The quantitative estimate of drug-likeness (QED) is 0.617. The molecule has 0 bridgehead atoms. The highest BCUT2D eigenvalue weighted by molar-refractivity contribution is 5.65. The first-order valence-corrected chi connectivity index (χ1v) is 6.87. The molecule has 0 spiro atoms. The largest absolute Gasteiger partial charge is 0.370 e. The summed E-state index contributed by atoms with van der Waals surface area (Å²) in [5, 5.41) is 0. The lowest BCUT2D eigenvalue weighted by Gasteiger charge is -2.52. The zero-order valence-electron chi connectivity index (χ0n) is 12.0. The van der Waals surface area contributed by atoms with E-state index in [0.717, 1.165) is 12.8 Å². The summed E-state index contributed by atoms with van der Waals surface area (Å²) in [5.74, 6) is 0. The van der Waals surface area contributed by atoms with Crippen molar-refractivity contribution in [2.75, 3.05) is 11.9 Å². The van der Waals surface area contributed by atoms with E-state index in [-0.39, 0.29) is 10.8 Å². The van der Waals surface area contributed by atoms with E-state index in [9.17, 15) is 0 Å². The monoisotopic (exact) mass is 241 g/mol. The summed E-state index contributed by atoms with van der Waals surface area (Å²) in [7, 11) is 2.24. The zero-order valence-corrected chi connectivity index (χ0v) is 12.0. The van der Waals surface area contributed by atoms with Gasteiger partial charge in [0.1, 0.15) is 0 Å². The number of likely N-dealkylation sites (N-methyl/N-ethyl adjacent to an activating group) is 1. The molecule has 0 aromatic heterocycles. The Morgan fingerprint density at radius 2 is 1.89 bits per heavy atom. The Morgan fingerprint density at radius 3 is 2.61 bits per heavy atom. The molecular weight excluding hydrogens is 218 g/mol. The average molecular weight is 241 g/mol. The number of nitrogens with zero attached hydrogens (tertiary/aromatic N) is 1. The van der Waals surface area contributed by atoms with Crippen molar-refractivity contribution in [3.63, 3.8) is 0 Å². The van der Waals surface area contributed by atoms with Gasteiger partial charge in [-0.1, -0.05) is 51.1 Å². The fourth-order valence-electron chi connectivity index (χ4n) is 4.27. The first-order chi connectivity index (χ1) is 8.38. The molecule has 1 heteroatoms. The lowest BCUT2D eigenvalue weighted by atomic mass is 9.54. The van der Waals surface area contributed by atoms with Gasteiger partial charge in [-0.3, -0.25) is 0 Å². The average Bonchev–Trinajstić information content (AvgIpc) is 2.52. The van der Waals surface area contributed by atoms with Crippen LogP contribution in [0, 0.1) is 5.41 Å². The topological polar surface area (TPSA) is 3.24 Å². The second kappa shape index (κ2) is 3.40. The van der Waals surface area contributed by atoms with Gasteiger partial charge in [-0.25, -0.2) is 0 Å². The Bertz CT molecular complexity index is 514. The maximum absolute atomic E-state index is 4.27. The Labute approximate surface area is 111 Å². The van der Waals surface area contributed by atoms with Crippen molar-refractivity contribution < 1.29 is 0 Å². The fourth-order valence-corrected chi connectivity index (χ4v) is 4.27. The van der Waals surface area contributed by atoms with Gasteiger partial charge in [-0.15, -0.1) is 0 Å². The molecule has 2 unspecified atom stereocenters. The number of hydrogen-bond acceptors (Lipinski definition) is 1. The normalized spacial score (nSPS) is 33.2. The molecule has 3 rings (SSSR count). The maximum atomic E-state index is 4.27. The van der Waals surface area contributed by atoms with E-state index in [0.29, 0.717) is 6.04 Å². The number of anilines is 1. The van der Waals surface area contributed by atoms with E-state index >= 15 is 0 Å². The third-order valence-corrected chi connectivity index (χ3v) is 5.56. The SMILES string of the molecule is C=C1CC2N(C)c3ccccc3C2(C)C(C)(C)C1. The van der Waals surface area contributed by atoms with Gasteiger partial charge >= 0.3 is 0 Å². The molecule has 1 aliphatic heterocycles. The molecule has 1 nitrogen and oxygen atoms in total. The summed E-state index contributed by atoms with van der Waals surface area (Å²) in [6, 6.07) is 9.48. The molecule has 1 aromatic rings. The predicted molar refractivity (Wildman–Crippen MR) is 78.1 cm³/mol. The summed E-state index contributed by atoms with van der Waals surface area (Å²) in [6.45, 7) is 11.5. The maximum Gasteiger partial charge on any atom is 0.0423 e. The van der Waals surface area contributed by atoms with Crippen molar-refractivity contribution in [3.05, 3.63) is 42.0 Å². The standard InChI is InChI=1S/C17H23N/c1-12-10-15-17(4,16(2,3)11-12)13-8-6-7-9-14(13)18(15)5/h6-9,15H,1,10-11H2,2-5H3. The van der Waals surface area contributed by atoms with Gasteiger partial charge in [0.15, 0.2) is 0 Å². The van der Waals surface area contributed by atoms with E-state index < -0.39 is 0 Å². The fraction of sp³-hybridized carbons (Fsp3) is 0.529. The Morgan fingerprint density at radius 1 is 1.22 bits per heavy atom. The van der Waals surface area contributed by atoms with Gasteiger partial charge in [0.2, 0.25) is 0 Å². The van der Waals surface area contributed by atoms with Crippen molar-refractivity contribution >= 4 is 5.69 Å². The second-order valence-corrected chi connectivity index (χ2v) is 6.86. The highest BCUT2D eigenvalue weighted by Crippen LogP contribution is 2.60. The van der Waals surface area contributed by atoms with Crippen LogP contribution in [0.2, 0.25) is 0 Å². The summed E-state index contributed by atoms with van der Waals surface area (Å²) < 4.78 is 0. The van der Waals surface area contributed by atoms with Crippen molar-refractivity contribution in [1.29, 1.82) is 0 Å². The van der Waals surface area contributed by atoms with Crippen LogP contribution in [0.1, 0.15) is 39.2 Å². The third kappa shape index (κ3) is 1.23. The molecule has 1 heterocycles. The van der Waals surface area contributed by atoms with Crippen LogP contribution in [-0.4, -0.2) is 13.1 Å². The highest BCUT2D eigenvalue weighted by atomic mass is 15.2. The second-order valence-electron chi connectivity index (χ2n) is 6.86. The molecule has 1 aliphatic carbocycles. The number of benzene rings is 1. The van der Waals surface area contributed by atoms with Crippen molar-refractivity contribution in [3.8, 4) is 0 Å². The van der Waals surface area contributed by atoms with Gasteiger partial charge in [0.05, 0.1) is 0 Å². The van der Waals surface area contributed by atoms with E-state index in [1.807, 2.05) is 0 Å². The number of rotatable bonds is 0. The van der Waals surface area contributed by atoms with Crippen LogP contribution in [0.5, 0.6) is 0 Å². The van der Waals surface area contributed by atoms with Gasteiger partial charge < -0.3 is 4.90 Å². The van der Waals surface area contributed by atoms with Gasteiger partial charge in [-0.2, -0.15) is 0 Å². The van der Waals surface area contributed by atoms with Crippen LogP contribution in [-0.2, 0) is 5.41 Å². The summed E-state index contributed by atoms with van der Waals surface area (Å²) >= 11 is 0. The van der Waals surface area contributed by atoms with Gasteiger partial charge in [-0.05, 0) is 29.9 Å². The smallest absolute Gasteiger partial charge is 0.0423 e. The minimum absolute atomic E-state index is 0.236. The minimum atomic E-state index is 0.236. The molecule has 0 N–H and O–H groups in total. The molecule has 0 saturated heterocycles. The molecule has 1 aromatic carbocycles. The molecule has 0 radical (unpaired) electrons. The Kier molecular flexibility index (Phi) is 2.24. The van der Waals surface area contributed by atoms with Crippen molar-refractivity contribution in [1.82, 2.24) is 0 Å². The van der Waals surface area contributed by atoms with Crippen LogP contribution >= 0.6 is 0 Å². The number of hydrogen-bond donors (Lipinski definition) is 0. The molecule has 1 fully saturated rings. The minimum Gasteiger partial charge on any atom is -0.370 e. The molecule has 0 amide bonds. The molecule has 2 aliphatic rings. The van der Waals surface area contributed by atoms with E-state index in [1.54, 1.807) is 0 Å². The van der Waals surface area contributed by atoms with Gasteiger partial charge in [0.25, 0.3) is 0 Å². The number of fused-ring (bicyclic) bond motifs is 3. The van der Waals surface area contributed by atoms with Crippen LogP contribution in [0.15, 0.2) is 36.4 Å². The van der Waals surface area contributed by atoms with Crippen LogP contribution in [0.4, 0.5) is 5.69 Å². The zero-order chi connectivity index (χ0) is 13.1. The predicted octanol–water partition coefficient (Wildman–Crippen LogP) is 4.14. The number of para-hydroxylation sites is 1. The molecule has 2 atom stereocenters. The van der Waals surface area contributed by atoms with Gasteiger partial charge in [0, 0.05) is 24.2 Å². The molecule has 1 saturated carbocycles. The van der Waals surface area contributed by atoms with E-state index in [2.05, 4.69) is 63.6 Å². The van der Waals surface area contributed by atoms with E-state index in [4.69, 9.17) is 0 Å². The van der Waals surface area contributed by atoms with Crippen molar-refractivity contribution in [2.24, 2.45) is 5.41 Å². The summed E-state index contributed by atoms with van der Waals surface area (Å²) in [6.07, 6.45) is 2.27.